The lowest BCUT2D eigenvalue weighted by Crippen LogP contribution is -2.24. The maximum atomic E-state index is 13.3. The molecule has 3 heterocycles. The molecule has 0 aliphatic rings. The van der Waals surface area contributed by atoms with Gasteiger partial charge in [-0.05, 0) is 42.3 Å². The van der Waals surface area contributed by atoms with Crippen LogP contribution in [0.25, 0.3) is 38.8 Å². The van der Waals surface area contributed by atoms with Gasteiger partial charge in [-0.15, -0.1) is 0 Å². The third-order valence-electron chi connectivity index (χ3n) is 6.15. The van der Waals surface area contributed by atoms with Gasteiger partial charge >= 0.3 is 5.69 Å². The van der Waals surface area contributed by atoms with Crippen LogP contribution in [0, 0.1) is 6.92 Å². The first-order valence-electron chi connectivity index (χ1n) is 10.6. The first kappa shape index (κ1) is 21.9. The van der Waals surface area contributed by atoms with Gasteiger partial charge in [-0.1, -0.05) is 18.2 Å². The average molecular weight is 477 g/mol. The Hall–Kier alpha value is -3.92. The molecule has 0 aliphatic heterocycles. The van der Waals surface area contributed by atoms with Crippen molar-refractivity contribution in [2.24, 2.45) is 14.1 Å². The summed E-state index contributed by atoms with van der Waals surface area (Å²) in [7, 11) is 1.70. The van der Waals surface area contributed by atoms with Crippen molar-refractivity contribution in [3.05, 3.63) is 71.0 Å². The number of aromatic nitrogens is 5. The maximum Gasteiger partial charge on any atom is 0.333 e. The number of rotatable bonds is 4. The van der Waals surface area contributed by atoms with Gasteiger partial charge in [0.1, 0.15) is 0 Å². The second-order valence-corrected chi connectivity index (χ2v) is 10.5. The minimum atomic E-state index is -3.38. The number of anilines is 1. The van der Waals surface area contributed by atoms with Crippen LogP contribution in [0.4, 0.5) is 5.69 Å². The van der Waals surface area contributed by atoms with Crippen LogP contribution in [0.2, 0.25) is 0 Å². The number of hydrogen-bond acceptors (Lipinski definition) is 5. The van der Waals surface area contributed by atoms with Crippen LogP contribution in [0.3, 0.4) is 0 Å². The molecule has 0 saturated carbocycles. The average Bonchev–Trinajstić information content (AvgIpc) is 3.27. The van der Waals surface area contributed by atoms with Crippen LogP contribution in [0.5, 0.6) is 0 Å². The van der Waals surface area contributed by atoms with Crippen LogP contribution < -0.4 is 9.99 Å². The van der Waals surface area contributed by atoms with Crippen LogP contribution in [-0.2, 0) is 24.1 Å². The van der Waals surface area contributed by atoms with Crippen molar-refractivity contribution in [2.75, 3.05) is 17.6 Å². The van der Waals surface area contributed by atoms with E-state index in [0.29, 0.717) is 16.9 Å². The zero-order valence-electron chi connectivity index (χ0n) is 19.5. The summed E-state index contributed by atoms with van der Waals surface area (Å²) in [4.78, 5) is 17.8. The molecular formula is C24H24N6O3S. The molecule has 0 aliphatic carbocycles. The maximum absolute atomic E-state index is 13.3. The molecule has 0 N–H and O–H groups in total. The summed E-state index contributed by atoms with van der Waals surface area (Å²) in [5.41, 5.74) is 5.81. The monoisotopic (exact) mass is 476 g/mol. The summed E-state index contributed by atoms with van der Waals surface area (Å²) in [5, 5.41) is 5.23. The van der Waals surface area contributed by atoms with Gasteiger partial charge in [0.15, 0.2) is 0 Å². The molecule has 0 fully saturated rings. The van der Waals surface area contributed by atoms with Crippen molar-refractivity contribution >= 4 is 37.6 Å². The van der Waals surface area contributed by atoms with Crippen LogP contribution in [0.15, 0.2) is 59.7 Å². The highest BCUT2D eigenvalue weighted by atomic mass is 32.2. The zero-order valence-corrected chi connectivity index (χ0v) is 20.3. The van der Waals surface area contributed by atoms with E-state index in [1.165, 1.54) is 17.6 Å². The fourth-order valence-electron chi connectivity index (χ4n) is 4.28. The Bertz CT molecular complexity index is 1760. The van der Waals surface area contributed by atoms with Crippen LogP contribution >= 0.6 is 0 Å². The third kappa shape index (κ3) is 3.38. The highest BCUT2D eigenvalue weighted by molar-refractivity contribution is 7.92. The number of sulfonamides is 1. The topological polar surface area (TPSA) is 95.0 Å². The van der Waals surface area contributed by atoms with Gasteiger partial charge in [-0.2, -0.15) is 5.10 Å². The van der Waals surface area contributed by atoms with Gasteiger partial charge in [0, 0.05) is 32.7 Å². The van der Waals surface area contributed by atoms with Gasteiger partial charge in [0.05, 0.1) is 46.1 Å². The standard InChI is InChI=1S/C24H24N6O3S/c1-15-22(14-27(2)26-15)30-23-19-12-17(9-10-20(19)25-13-21(23)28(3)24(30)31)16-7-6-8-18(11-16)29(4)34(5,32)33/h6-14H,1-5H3. The van der Waals surface area contributed by atoms with Crippen LogP contribution in [-0.4, -0.2) is 45.6 Å². The van der Waals surface area contributed by atoms with E-state index in [2.05, 4.69) is 10.1 Å². The molecule has 10 heteroatoms. The highest BCUT2D eigenvalue weighted by Crippen LogP contribution is 2.31. The summed E-state index contributed by atoms with van der Waals surface area (Å²) in [6.07, 6.45) is 4.71. The Labute approximate surface area is 196 Å². The molecule has 5 rings (SSSR count). The minimum absolute atomic E-state index is 0.178. The van der Waals surface area contributed by atoms with Crippen molar-refractivity contribution in [1.29, 1.82) is 0 Å². The molecule has 0 unspecified atom stereocenters. The van der Waals surface area contributed by atoms with Gasteiger partial charge < -0.3 is 0 Å². The molecule has 0 atom stereocenters. The Balaban J connectivity index is 1.79. The Morgan fingerprint density at radius 2 is 1.76 bits per heavy atom. The predicted octanol–water partition coefficient (Wildman–Crippen LogP) is 2.98. The number of pyridine rings is 1. The first-order valence-corrected chi connectivity index (χ1v) is 12.5. The molecular weight excluding hydrogens is 452 g/mol. The second-order valence-electron chi connectivity index (χ2n) is 8.46. The zero-order chi connectivity index (χ0) is 24.4. The van der Waals surface area contributed by atoms with Crippen molar-refractivity contribution in [2.45, 2.75) is 6.92 Å². The summed E-state index contributed by atoms with van der Waals surface area (Å²) < 4.78 is 30.2. The van der Waals surface area contributed by atoms with Gasteiger partial charge in [-0.3, -0.25) is 23.1 Å². The van der Waals surface area contributed by atoms with Crippen molar-refractivity contribution in [3.63, 3.8) is 0 Å². The number of fused-ring (bicyclic) bond motifs is 3. The number of imidazole rings is 1. The van der Waals surface area contributed by atoms with E-state index >= 15 is 0 Å². The third-order valence-corrected chi connectivity index (χ3v) is 7.36. The van der Waals surface area contributed by atoms with E-state index in [9.17, 15) is 13.2 Å². The molecule has 174 valence electrons. The molecule has 5 aromatic rings. The van der Waals surface area contributed by atoms with E-state index < -0.39 is 10.0 Å². The number of hydrogen-bond donors (Lipinski definition) is 0. The number of aryl methyl sites for hydroxylation is 3. The van der Waals surface area contributed by atoms with E-state index in [1.54, 1.807) is 33.1 Å². The largest absolute Gasteiger partial charge is 0.333 e. The molecule has 0 bridgehead atoms. The lowest BCUT2D eigenvalue weighted by Gasteiger charge is -2.17. The SMILES string of the molecule is Cc1nn(C)cc1-n1c(=O)n(C)c2cnc3ccc(-c4cccc(N(C)S(C)(=O)=O)c4)cc3c21. The molecule has 0 spiro atoms. The lowest BCUT2D eigenvalue weighted by atomic mass is 10.0. The van der Waals surface area contributed by atoms with Gasteiger partial charge in [0.2, 0.25) is 10.0 Å². The summed E-state index contributed by atoms with van der Waals surface area (Å²) in [6.45, 7) is 1.87. The smallest absolute Gasteiger partial charge is 0.293 e. The first-order chi connectivity index (χ1) is 16.1. The molecule has 9 nitrogen and oxygen atoms in total. The molecule has 34 heavy (non-hydrogen) atoms. The highest BCUT2D eigenvalue weighted by Gasteiger charge is 2.19. The van der Waals surface area contributed by atoms with E-state index in [-0.39, 0.29) is 5.69 Å². The van der Waals surface area contributed by atoms with Crippen molar-refractivity contribution < 1.29 is 8.42 Å². The summed E-state index contributed by atoms with van der Waals surface area (Å²) in [6, 6.07) is 13.2. The van der Waals surface area contributed by atoms with E-state index in [4.69, 9.17) is 0 Å². The number of benzene rings is 2. The molecule has 0 amide bonds. The molecule has 3 aromatic heterocycles. The fourth-order valence-corrected chi connectivity index (χ4v) is 4.78. The van der Waals surface area contributed by atoms with E-state index in [1.807, 2.05) is 56.6 Å². The summed E-state index contributed by atoms with van der Waals surface area (Å²) in [5.74, 6) is 0. The quantitative estimate of drug-likeness (QED) is 0.397. The number of nitrogens with zero attached hydrogens (tertiary/aromatic N) is 6. The van der Waals surface area contributed by atoms with Gasteiger partial charge in [0.25, 0.3) is 0 Å². The minimum Gasteiger partial charge on any atom is -0.293 e. The Morgan fingerprint density at radius 3 is 2.44 bits per heavy atom. The fraction of sp³-hybridized carbons (Fsp3) is 0.208. The Morgan fingerprint density at radius 1 is 1.03 bits per heavy atom. The molecule has 2 aromatic carbocycles. The van der Waals surface area contributed by atoms with Crippen molar-refractivity contribution in [1.82, 2.24) is 23.9 Å². The summed E-state index contributed by atoms with van der Waals surface area (Å²) >= 11 is 0. The van der Waals surface area contributed by atoms with Gasteiger partial charge in [-0.25, -0.2) is 13.2 Å². The molecule has 0 saturated heterocycles. The van der Waals surface area contributed by atoms with E-state index in [0.717, 1.165) is 33.2 Å². The van der Waals surface area contributed by atoms with Crippen LogP contribution in [0.1, 0.15) is 5.69 Å². The lowest BCUT2D eigenvalue weighted by molar-refractivity contribution is 0.600. The van der Waals surface area contributed by atoms with Crippen molar-refractivity contribution in [3.8, 4) is 16.8 Å². The Kier molecular flexibility index (Phi) is 4.87. The predicted molar refractivity (Wildman–Crippen MR) is 134 cm³/mol. The second kappa shape index (κ2) is 7.56. The normalized spacial score (nSPS) is 12.0. The molecule has 0 radical (unpaired) electrons.